The number of nitrogens with zero attached hydrogens (tertiary/aromatic N) is 3. The van der Waals surface area contributed by atoms with Crippen LogP contribution in [0.1, 0.15) is 6.04 Å². The van der Waals surface area contributed by atoms with Crippen LogP contribution < -0.4 is 5.32 Å². The predicted molar refractivity (Wildman–Crippen MR) is 37.7 cm³/mol. The summed E-state index contributed by atoms with van der Waals surface area (Å²) in [6.45, 7) is 2.60. The Kier molecular flexibility index (Phi) is 0.946. The van der Waals surface area contributed by atoms with Gasteiger partial charge in [-0.1, -0.05) is 0 Å². The van der Waals surface area contributed by atoms with Crippen LogP contribution in [-0.4, -0.2) is 27.9 Å². The van der Waals surface area contributed by atoms with Crippen LogP contribution in [0.2, 0.25) is 0 Å². The van der Waals surface area contributed by atoms with Crippen molar-refractivity contribution in [2.75, 3.05) is 13.1 Å². The number of nitrogens with two attached hydrogens (primary N) is 1. The minimum Gasteiger partial charge on any atom is -0.346 e. The molecule has 2 fully saturated rings. The summed E-state index contributed by atoms with van der Waals surface area (Å²) in [6, 6.07) is 0.731. The fourth-order valence-corrected chi connectivity index (χ4v) is 2.34. The number of hydrogen-bond acceptors (Lipinski definition) is 2. The Bertz CT molecular complexity index is 245. The molecule has 0 aromatic carbocycles. The van der Waals surface area contributed by atoms with E-state index in [9.17, 15) is 0 Å². The maximum absolute atomic E-state index is 3.81. The predicted octanol–water partition coefficient (Wildman–Crippen LogP) is -1.36. The highest BCUT2D eigenvalue weighted by Gasteiger charge is 2.57. The summed E-state index contributed by atoms with van der Waals surface area (Å²) in [5.74, 6) is 1.82. The van der Waals surface area contributed by atoms with E-state index in [0.717, 1.165) is 17.9 Å². The molecule has 1 aromatic heterocycles. The maximum atomic E-state index is 3.81. The van der Waals surface area contributed by atoms with Crippen molar-refractivity contribution < 1.29 is 5.32 Å². The smallest absolute Gasteiger partial charge is 0.119 e. The Labute approximate surface area is 64.6 Å². The topological polar surface area (TPSA) is 47.3 Å². The number of quaternary nitrogens is 1. The van der Waals surface area contributed by atoms with E-state index < -0.39 is 0 Å². The zero-order valence-electron chi connectivity index (χ0n) is 6.22. The second kappa shape index (κ2) is 1.82. The third kappa shape index (κ3) is 0.673. The van der Waals surface area contributed by atoms with Gasteiger partial charge in [0.15, 0.2) is 0 Å². The first-order chi connectivity index (χ1) is 5.47. The second-order valence-electron chi connectivity index (χ2n) is 3.49. The molecule has 1 aliphatic carbocycles. The van der Waals surface area contributed by atoms with Crippen LogP contribution in [0, 0.1) is 11.8 Å². The van der Waals surface area contributed by atoms with Gasteiger partial charge in [0.05, 0.1) is 19.1 Å². The van der Waals surface area contributed by atoms with Gasteiger partial charge in [-0.05, 0) is 0 Å². The summed E-state index contributed by atoms with van der Waals surface area (Å²) < 4.78 is 2.16. The highest BCUT2D eigenvalue weighted by Crippen LogP contribution is 2.50. The Morgan fingerprint density at radius 2 is 1.82 bits per heavy atom. The normalized spacial score (nSPS) is 40.5. The maximum Gasteiger partial charge on any atom is 0.119 e. The molecule has 3 atom stereocenters. The molecular weight excluding hydrogens is 140 g/mol. The van der Waals surface area contributed by atoms with Gasteiger partial charge < -0.3 is 9.88 Å². The molecule has 2 N–H and O–H groups in total. The van der Waals surface area contributed by atoms with Crippen LogP contribution in [-0.2, 0) is 0 Å². The largest absolute Gasteiger partial charge is 0.346 e. The lowest BCUT2D eigenvalue weighted by Gasteiger charge is -2.01. The standard InChI is InChI=1S/C7H10N4/c1-5-6(2-8-1)7(5)11-3-9-10-4-11/h3-8H,1-2H2/p+1/t5-,6+,7?. The van der Waals surface area contributed by atoms with Gasteiger partial charge in [-0.3, -0.25) is 0 Å². The molecule has 0 bridgehead atoms. The molecule has 11 heavy (non-hydrogen) atoms. The fraction of sp³-hybridized carbons (Fsp3) is 0.714. The molecule has 1 aliphatic heterocycles. The van der Waals surface area contributed by atoms with Crippen molar-refractivity contribution >= 4 is 0 Å². The zero-order chi connectivity index (χ0) is 7.26. The van der Waals surface area contributed by atoms with Crippen molar-refractivity contribution in [2.45, 2.75) is 6.04 Å². The third-order valence-electron chi connectivity index (χ3n) is 2.94. The summed E-state index contributed by atoms with van der Waals surface area (Å²) in [5, 5.41) is 10.0. The van der Waals surface area contributed by atoms with Gasteiger partial charge >= 0.3 is 0 Å². The number of aromatic nitrogens is 3. The van der Waals surface area contributed by atoms with Crippen LogP contribution in [0.25, 0.3) is 0 Å². The summed E-state index contributed by atoms with van der Waals surface area (Å²) in [6.07, 6.45) is 3.67. The molecule has 58 valence electrons. The lowest BCUT2D eigenvalue weighted by molar-refractivity contribution is -0.645. The van der Waals surface area contributed by atoms with Crippen LogP contribution in [0.3, 0.4) is 0 Å². The van der Waals surface area contributed by atoms with Crippen molar-refractivity contribution in [2.24, 2.45) is 11.8 Å². The van der Waals surface area contributed by atoms with E-state index in [-0.39, 0.29) is 0 Å². The van der Waals surface area contributed by atoms with Gasteiger partial charge in [0, 0.05) is 11.8 Å². The molecule has 2 heterocycles. The molecule has 1 saturated heterocycles. The molecule has 3 rings (SSSR count). The van der Waals surface area contributed by atoms with Gasteiger partial charge in [-0.25, -0.2) is 0 Å². The van der Waals surface area contributed by atoms with E-state index in [0.29, 0.717) is 0 Å². The SMILES string of the molecule is c1nncn1C1[C@H]2C[NH2+]C[C@@H]12. The Balaban J connectivity index is 1.85. The van der Waals surface area contributed by atoms with Crippen LogP contribution in [0.15, 0.2) is 12.7 Å². The number of piperidine rings is 1. The van der Waals surface area contributed by atoms with Crippen molar-refractivity contribution in [3.63, 3.8) is 0 Å². The first-order valence-electron chi connectivity index (χ1n) is 4.12. The van der Waals surface area contributed by atoms with Crippen molar-refractivity contribution in [1.82, 2.24) is 14.8 Å². The van der Waals surface area contributed by atoms with E-state index in [2.05, 4.69) is 20.1 Å². The highest BCUT2D eigenvalue weighted by molar-refractivity contribution is 5.03. The minimum absolute atomic E-state index is 0.731. The molecule has 4 heteroatoms. The van der Waals surface area contributed by atoms with Gasteiger partial charge in [0.25, 0.3) is 0 Å². The molecule has 4 nitrogen and oxygen atoms in total. The van der Waals surface area contributed by atoms with E-state index in [1.54, 1.807) is 0 Å². The van der Waals surface area contributed by atoms with E-state index in [1.165, 1.54) is 13.1 Å². The number of fused-ring (bicyclic) bond motifs is 1. The van der Waals surface area contributed by atoms with Gasteiger partial charge in [0.1, 0.15) is 12.7 Å². The number of hydrogen-bond donors (Lipinski definition) is 1. The zero-order valence-corrected chi connectivity index (χ0v) is 6.22. The van der Waals surface area contributed by atoms with Gasteiger partial charge in [0.2, 0.25) is 0 Å². The molecule has 0 spiro atoms. The van der Waals surface area contributed by atoms with Crippen molar-refractivity contribution in [3.8, 4) is 0 Å². The first kappa shape index (κ1) is 5.71. The molecule has 1 saturated carbocycles. The highest BCUT2D eigenvalue weighted by atomic mass is 15.3. The van der Waals surface area contributed by atoms with Gasteiger partial charge in [-0.15, -0.1) is 10.2 Å². The molecule has 0 amide bonds. The Hall–Kier alpha value is -0.900. The fourth-order valence-electron chi connectivity index (χ4n) is 2.34. The quantitative estimate of drug-likeness (QED) is 0.539. The molecule has 1 unspecified atom stereocenters. The lowest BCUT2D eigenvalue weighted by Crippen LogP contribution is -2.82. The summed E-state index contributed by atoms with van der Waals surface area (Å²) >= 11 is 0. The van der Waals surface area contributed by atoms with Crippen LogP contribution in [0.5, 0.6) is 0 Å². The Morgan fingerprint density at radius 1 is 1.18 bits per heavy atom. The summed E-state index contributed by atoms with van der Waals surface area (Å²) in [4.78, 5) is 0. The van der Waals surface area contributed by atoms with E-state index in [4.69, 9.17) is 0 Å². The summed E-state index contributed by atoms with van der Waals surface area (Å²) in [5.41, 5.74) is 0. The van der Waals surface area contributed by atoms with Crippen molar-refractivity contribution in [3.05, 3.63) is 12.7 Å². The average molecular weight is 151 g/mol. The van der Waals surface area contributed by atoms with Crippen LogP contribution >= 0.6 is 0 Å². The average Bonchev–Trinajstić information content (AvgIpc) is 2.57. The molecule has 1 aromatic rings. The molecule has 0 radical (unpaired) electrons. The second-order valence-corrected chi connectivity index (χ2v) is 3.49. The molecule has 2 aliphatic rings. The monoisotopic (exact) mass is 151 g/mol. The number of rotatable bonds is 1. The minimum atomic E-state index is 0.731. The lowest BCUT2D eigenvalue weighted by atomic mass is 10.4. The Morgan fingerprint density at radius 3 is 2.45 bits per heavy atom. The van der Waals surface area contributed by atoms with Crippen molar-refractivity contribution in [1.29, 1.82) is 0 Å². The molecular formula is C7H11N4+. The third-order valence-corrected chi connectivity index (χ3v) is 2.94. The van der Waals surface area contributed by atoms with Crippen LogP contribution in [0.4, 0.5) is 0 Å². The van der Waals surface area contributed by atoms with E-state index in [1.807, 2.05) is 12.7 Å². The van der Waals surface area contributed by atoms with E-state index >= 15 is 0 Å². The summed E-state index contributed by atoms with van der Waals surface area (Å²) in [7, 11) is 0. The first-order valence-corrected chi connectivity index (χ1v) is 4.12. The van der Waals surface area contributed by atoms with Gasteiger partial charge in [-0.2, -0.15) is 0 Å².